The van der Waals surface area contributed by atoms with Crippen LogP contribution in [0.4, 0.5) is 0 Å². The second-order valence-electron chi connectivity index (χ2n) is 3.32. The molecular formula is C10H14N3O4P. The van der Waals surface area contributed by atoms with Crippen molar-refractivity contribution in [2.24, 2.45) is 0 Å². The van der Waals surface area contributed by atoms with E-state index < -0.39 is 7.82 Å². The molecule has 2 rings (SSSR count). The van der Waals surface area contributed by atoms with Crippen LogP contribution in [0, 0.1) is 0 Å². The van der Waals surface area contributed by atoms with Gasteiger partial charge in [-0.25, -0.2) is 4.57 Å². The van der Waals surface area contributed by atoms with Crippen LogP contribution in [0.15, 0.2) is 24.3 Å². The smallest absolute Gasteiger partial charge is 0.291 e. The average molecular weight is 271 g/mol. The molecule has 0 spiro atoms. The number of nitrogens with zero attached hydrogens (tertiary/aromatic N) is 3. The molecule has 0 fully saturated rings. The molecule has 0 amide bonds. The van der Waals surface area contributed by atoms with Crippen LogP contribution < -0.4 is 4.62 Å². The molecule has 1 aromatic heterocycles. The van der Waals surface area contributed by atoms with E-state index in [4.69, 9.17) is 13.7 Å². The number of fused-ring (bicyclic) bond motifs is 1. The topological polar surface area (TPSA) is 75.5 Å². The minimum Gasteiger partial charge on any atom is -0.291 e. The molecule has 98 valence electrons. The van der Waals surface area contributed by atoms with E-state index in [1.54, 1.807) is 32.0 Å². The lowest BCUT2D eigenvalue weighted by molar-refractivity contribution is 0.101. The largest absolute Gasteiger partial charge is 0.550 e. The summed E-state index contributed by atoms with van der Waals surface area (Å²) in [6, 6.07) is 7.15. The molecule has 18 heavy (non-hydrogen) atoms. The molecule has 0 bridgehead atoms. The number of para-hydroxylation sites is 1. The third kappa shape index (κ3) is 2.69. The summed E-state index contributed by atoms with van der Waals surface area (Å²) in [5.41, 5.74) is 1.23. The van der Waals surface area contributed by atoms with E-state index in [1.807, 2.05) is 6.07 Å². The van der Waals surface area contributed by atoms with Crippen LogP contribution in [0.3, 0.4) is 0 Å². The van der Waals surface area contributed by atoms with E-state index in [2.05, 4.69) is 10.3 Å². The average Bonchev–Trinajstić information content (AvgIpc) is 2.73. The van der Waals surface area contributed by atoms with Crippen molar-refractivity contribution in [3.8, 4) is 0 Å². The molecule has 7 nitrogen and oxygen atoms in total. The molecule has 8 heteroatoms. The Balaban J connectivity index is 2.29. The van der Waals surface area contributed by atoms with Gasteiger partial charge in [0.05, 0.1) is 13.2 Å². The van der Waals surface area contributed by atoms with Crippen LogP contribution in [0.25, 0.3) is 11.0 Å². The molecule has 0 saturated carbocycles. The maximum Gasteiger partial charge on any atom is 0.550 e. The molecule has 0 aliphatic heterocycles. The SMILES string of the molecule is CCOP(=O)(OCC)On1nnc2ccccc21. The van der Waals surface area contributed by atoms with Gasteiger partial charge in [-0.3, -0.25) is 13.7 Å². The Morgan fingerprint density at radius 3 is 2.56 bits per heavy atom. The van der Waals surface area contributed by atoms with Crippen molar-refractivity contribution >= 4 is 18.9 Å². The number of phosphoric acid groups is 1. The van der Waals surface area contributed by atoms with Crippen LogP contribution in [-0.2, 0) is 13.6 Å². The van der Waals surface area contributed by atoms with Crippen LogP contribution in [0.5, 0.6) is 0 Å². The monoisotopic (exact) mass is 271 g/mol. The van der Waals surface area contributed by atoms with Gasteiger partial charge in [-0.15, -0.1) is 5.10 Å². The van der Waals surface area contributed by atoms with Gasteiger partial charge in [0.25, 0.3) is 0 Å². The minimum absolute atomic E-state index is 0.212. The lowest BCUT2D eigenvalue weighted by Crippen LogP contribution is -2.14. The van der Waals surface area contributed by atoms with Gasteiger partial charge in [0.2, 0.25) is 0 Å². The lowest BCUT2D eigenvalue weighted by Gasteiger charge is -2.15. The fourth-order valence-electron chi connectivity index (χ4n) is 1.40. The Hall–Kier alpha value is -1.43. The van der Waals surface area contributed by atoms with E-state index in [-0.39, 0.29) is 13.2 Å². The zero-order chi connectivity index (χ0) is 13.0. The van der Waals surface area contributed by atoms with E-state index in [0.717, 1.165) is 4.85 Å². The summed E-state index contributed by atoms with van der Waals surface area (Å²) in [6.45, 7) is 3.83. The number of benzene rings is 1. The third-order valence-corrected chi connectivity index (χ3v) is 3.58. The van der Waals surface area contributed by atoms with Gasteiger partial charge in [-0.1, -0.05) is 17.0 Å². The Morgan fingerprint density at radius 2 is 1.89 bits per heavy atom. The Kier molecular flexibility index (Phi) is 3.96. The summed E-state index contributed by atoms with van der Waals surface area (Å²) in [4.78, 5) is 1.06. The zero-order valence-electron chi connectivity index (χ0n) is 10.1. The van der Waals surface area contributed by atoms with Crippen LogP contribution >= 0.6 is 7.82 Å². The first-order valence-electron chi connectivity index (χ1n) is 5.58. The number of aromatic nitrogens is 3. The second kappa shape index (κ2) is 5.48. The summed E-state index contributed by atoms with van der Waals surface area (Å²) in [5.74, 6) is 0. The van der Waals surface area contributed by atoms with Crippen molar-refractivity contribution in [3.05, 3.63) is 24.3 Å². The highest BCUT2D eigenvalue weighted by Gasteiger charge is 2.29. The minimum atomic E-state index is -3.65. The number of hydrogen-bond donors (Lipinski definition) is 0. The van der Waals surface area contributed by atoms with Gasteiger partial charge in [-0.2, -0.15) is 0 Å². The molecule has 0 radical (unpaired) electrons. The van der Waals surface area contributed by atoms with Crippen molar-refractivity contribution in [1.82, 2.24) is 15.2 Å². The fourth-order valence-corrected chi connectivity index (χ4v) is 2.51. The summed E-state index contributed by atoms with van der Waals surface area (Å²) in [5, 5.41) is 7.64. The van der Waals surface area contributed by atoms with Gasteiger partial charge >= 0.3 is 7.82 Å². The first-order chi connectivity index (χ1) is 8.68. The molecule has 0 saturated heterocycles. The molecule has 0 atom stereocenters. The number of rotatable bonds is 6. The second-order valence-corrected chi connectivity index (χ2v) is 4.89. The van der Waals surface area contributed by atoms with E-state index in [0.29, 0.717) is 11.0 Å². The number of phosphoric ester groups is 1. The van der Waals surface area contributed by atoms with E-state index in [9.17, 15) is 4.57 Å². The molecule has 0 N–H and O–H groups in total. The predicted octanol–water partition coefficient (Wildman–Crippen LogP) is 2.04. The van der Waals surface area contributed by atoms with Gasteiger partial charge in [0.1, 0.15) is 11.0 Å². The molecule has 1 heterocycles. The van der Waals surface area contributed by atoms with Gasteiger partial charge in [0.15, 0.2) is 0 Å². The van der Waals surface area contributed by atoms with Gasteiger partial charge in [0, 0.05) is 0 Å². The summed E-state index contributed by atoms with van der Waals surface area (Å²) >= 11 is 0. The standard InChI is InChI=1S/C10H14N3O4P/c1-3-15-18(14,16-4-2)17-13-10-8-6-5-7-9(10)11-12-13/h5-8H,3-4H2,1-2H3. The molecule has 2 aromatic rings. The first kappa shape index (κ1) is 13.0. The molecular weight excluding hydrogens is 257 g/mol. The van der Waals surface area contributed by atoms with Crippen molar-refractivity contribution < 1.29 is 18.2 Å². The van der Waals surface area contributed by atoms with Gasteiger partial charge in [-0.05, 0) is 31.2 Å². The third-order valence-electron chi connectivity index (χ3n) is 2.07. The van der Waals surface area contributed by atoms with Crippen molar-refractivity contribution in [2.45, 2.75) is 13.8 Å². The molecule has 1 aromatic carbocycles. The summed E-state index contributed by atoms with van der Waals surface area (Å²) in [7, 11) is -3.65. The highest BCUT2D eigenvalue weighted by Crippen LogP contribution is 2.45. The molecule has 0 aliphatic carbocycles. The van der Waals surface area contributed by atoms with Crippen LogP contribution in [0.1, 0.15) is 13.8 Å². The fraction of sp³-hybridized carbons (Fsp3) is 0.400. The first-order valence-corrected chi connectivity index (χ1v) is 7.04. The van der Waals surface area contributed by atoms with Gasteiger partial charge < -0.3 is 0 Å². The summed E-state index contributed by atoms with van der Waals surface area (Å²) < 4.78 is 27.4. The Labute approximate surface area is 104 Å². The van der Waals surface area contributed by atoms with Crippen molar-refractivity contribution in [1.29, 1.82) is 0 Å². The van der Waals surface area contributed by atoms with E-state index >= 15 is 0 Å². The highest BCUT2D eigenvalue weighted by atomic mass is 31.2. The lowest BCUT2D eigenvalue weighted by atomic mass is 10.3. The predicted molar refractivity (Wildman–Crippen MR) is 65.0 cm³/mol. The maximum atomic E-state index is 12.2. The van der Waals surface area contributed by atoms with Crippen LogP contribution in [-0.4, -0.2) is 28.4 Å². The Bertz CT molecular complexity index is 561. The molecule has 0 unspecified atom stereocenters. The van der Waals surface area contributed by atoms with E-state index in [1.165, 1.54) is 0 Å². The quantitative estimate of drug-likeness (QED) is 0.748. The number of hydrogen-bond acceptors (Lipinski definition) is 6. The normalized spacial score (nSPS) is 11.9. The van der Waals surface area contributed by atoms with Crippen molar-refractivity contribution in [2.75, 3.05) is 13.2 Å². The zero-order valence-corrected chi connectivity index (χ0v) is 11.0. The highest BCUT2D eigenvalue weighted by molar-refractivity contribution is 7.48. The molecule has 0 aliphatic rings. The summed E-state index contributed by atoms with van der Waals surface area (Å²) in [6.07, 6.45) is 0. The van der Waals surface area contributed by atoms with Crippen LogP contribution in [0.2, 0.25) is 0 Å². The Morgan fingerprint density at radius 1 is 1.22 bits per heavy atom. The maximum absolute atomic E-state index is 12.2. The van der Waals surface area contributed by atoms with Crippen molar-refractivity contribution in [3.63, 3.8) is 0 Å².